The zero-order valence-electron chi connectivity index (χ0n) is 10.2. The summed E-state index contributed by atoms with van der Waals surface area (Å²) in [5.74, 6) is -1.49. The van der Waals surface area contributed by atoms with Crippen LogP contribution in [0.15, 0.2) is 0 Å². The second-order valence-corrected chi connectivity index (χ2v) is 6.68. The Morgan fingerprint density at radius 3 is 2.44 bits per heavy atom. The number of aliphatic carboxylic acids is 1. The lowest BCUT2D eigenvalue weighted by molar-refractivity contribution is -0.140. The molecule has 1 saturated carbocycles. The molecule has 1 aliphatic rings. The van der Waals surface area contributed by atoms with E-state index in [1.54, 1.807) is 6.07 Å². The van der Waals surface area contributed by atoms with E-state index in [-0.39, 0.29) is 13.0 Å². The molecule has 0 spiro atoms. The van der Waals surface area contributed by atoms with Gasteiger partial charge in [0.25, 0.3) is 0 Å². The first-order valence-electron chi connectivity index (χ1n) is 5.95. The number of nitrogens with one attached hydrogen (secondary N) is 1. The maximum Gasteiger partial charge on any atom is 0.303 e. The molecule has 0 atom stereocenters. The van der Waals surface area contributed by atoms with E-state index in [0.29, 0.717) is 12.8 Å². The van der Waals surface area contributed by atoms with Crippen LogP contribution in [0.4, 0.5) is 0 Å². The molecule has 2 N–H and O–H groups in total. The molecule has 1 rings (SSSR count). The normalized spacial score (nSPS) is 19.1. The number of hydrogen-bond acceptors (Lipinski definition) is 4. The van der Waals surface area contributed by atoms with Crippen molar-refractivity contribution in [2.24, 2.45) is 5.41 Å². The van der Waals surface area contributed by atoms with Crippen LogP contribution in [0, 0.1) is 16.7 Å². The van der Waals surface area contributed by atoms with E-state index in [0.717, 1.165) is 19.3 Å². The summed E-state index contributed by atoms with van der Waals surface area (Å²) in [6.07, 6.45) is 4.32. The molecule has 0 unspecified atom stereocenters. The lowest BCUT2D eigenvalue weighted by Gasteiger charge is -2.36. The summed E-state index contributed by atoms with van der Waals surface area (Å²) in [6, 6.07) is 1.58. The van der Waals surface area contributed by atoms with Gasteiger partial charge < -0.3 is 5.11 Å². The first-order valence-corrected chi connectivity index (χ1v) is 7.60. The maximum absolute atomic E-state index is 11.4. The van der Waals surface area contributed by atoms with Crippen molar-refractivity contribution in [1.29, 1.82) is 5.26 Å². The Morgan fingerprint density at radius 2 is 1.94 bits per heavy atom. The van der Waals surface area contributed by atoms with Crippen LogP contribution in [0.5, 0.6) is 0 Å². The van der Waals surface area contributed by atoms with Gasteiger partial charge in [0.15, 0.2) is 5.75 Å². The van der Waals surface area contributed by atoms with Gasteiger partial charge in [-0.25, -0.2) is 13.1 Å². The van der Waals surface area contributed by atoms with Crippen molar-refractivity contribution in [3.05, 3.63) is 0 Å². The molecule has 102 valence electrons. The standard InChI is InChI=1S/C11H18N2O4S/c12-6-7-18(16,17)13-9-11(8-10(14)15)4-2-1-3-5-11/h13H,1-5,7-9H2,(H,14,15). The van der Waals surface area contributed by atoms with E-state index in [2.05, 4.69) is 4.72 Å². The first-order chi connectivity index (χ1) is 8.39. The molecule has 18 heavy (non-hydrogen) atoms. The van der Waals surface area contributed by atoms with Gasteiger partial charge in [0, 0.05) is 6.54 Å². The number of nitrogens with zero attached hydrogens (tertiary/aromatic N) is 1. The van der Waals surface area contributed by atoms with Gasteiger partial charge in [-0.1, -0.05) is 19.3 Å². The second kappa shape index (κ2) is 6.16. The van der Waals surface area contributed by atoms with Gasteiger partial charge in [0.05, 0.1) is 12.5 Å². The molecular formula is C11H18N2O4S. The highest BCUT2D eigenvalue weighted by molar-refractivity contribution is 7.89. The van der Waals surface area contributed by atoms with E-state index < -0.39 is 27.2 Å². The molecule has 0 amide bonds. The minimum absolute atomic E-state index is 0.0257. The van der Waals surface area contributed by atoms with Crippen molar-refractivity contribution < 1.29 is 18.3 Å². The van der Waals surface area contributed by atoms with Crippen molar-refractivity contribution in [3.8, 4) is 6.07 Å². The third kappa shape index (κ3) is 4.63. The zero-order chi connectivity index (χ0) is 13.6. The van der Waals surface area contributed by atoms with Crippen molar-refractivity contribution in [3.63, 3.8) is 0 Å². The van der Waals surface area contributed by atoms with Gasteiger partial charge in [0.2, 0.25) is 10.0 Å². The highest BCUT2D eigenvalue weighted by Gasteiger charge is 2.35. The lowest BCUT2D eigenvalue weighted by atomic mass is 9.72. The molecule has 7 heteroatoms. The molecule has 0 radical (unpaired) electrons. The number of rotatable bonds is 6. The Balaban J connectivity index is 2.68. The second-order valence-electron chi connectivity index (χ2n) is 4.87. The van der Waals surface area contributed by atoms with Crippen LogP contribution < -0.4 is 4.72 Å². The van der Waals surface area contributed by atoms with Crippen LogP contribution >= 0.6 is 0 Å². The third-order valence-corrected chi connectivity index (χ3v) is 4.46. The molecule has 0 aromatic heterocycles. The summed E-state index contributed by atoms with van der Waals surface area (Å²) in [5.41, 5.74) is -0.493. The number of hydrogen-bond donors (Lipinski definition) is 2. The topological polar surface area (TPSA) is 107 Å². The van der Waals surface area contributed by atoms with Crippen LogP contribution in [-0.2, 0) is 14.8 Å². The van der Waals surface area contributed by atoms with Gasteiger partial charge in [-0.2, -0.15) is 5.26 Å². The van der Waals surface area contributed by atoms with Gasteiger partial charge in [-0.3, -0.25) is 4.79 Å². The molecule has 0 heterocycles. The molecule has 0 saturated heterocycles. The third-order valence-electron chi connectivity index (χ3n) is 3.36. The van der Waals surface area contributed by atoms with Gasteiger partial charge in [0.1, 0.15) is 0 Å². The SMILES string of the molecule is N#CCS(=O)(=O)NCC1(CC(=O)O)CCCCC1. The number of sulfonamides is 1. The number of carboxylic acid groups (broad SMARTS) is 1. The predicted octanol–water partition coefficient (Wildman–Crippen LogP) is 0.855. The molecule has 0 aromatic carbocycles. The molecule has 0 aromatic rings. The summed E-state index contributed by atoms with van der Waals surface area (Å²) in [6.45, 7) is 0.114. The summed E-state index contributed by atoms with van der Waals surface area (Å²) >= 11 is 0. The maximum atomic E-state index is 11.4. The fourth-order valence-corrected chi connectivity index (χ4v) is 3.24. The van der Waals surface area contributed by atoms with Crippen molar-refractivity contribution in [2.75, 3.05) is 12.3 Å². The largest absolute Gasteiger partial charge is 0.481 e. The van der Waals surface area contributed by atoms with E-state index in [4.69, 9.17) is 10.4 Å². The molecule has 6 nitrogen and oxygen atoms in total. The fraction of sp³-hybridized carbons (Fsp3) is 0.818. The molecule has 1 fully saturated rings. The van der Waals surface area contributed by atoms with Crippen LogP contribution in [0.1, 0.15) is 38.5 Å². The van der Waals surface area contributed by atoms with E-state index in [1.165, 1.54) is 0 Å². The van der Waals surface area contributed by atoms with Crippen LogP contribution in [-0.4, -0.2) is 31.8 Å². The molecule has 1 aliphatic carbocycles. The fourth-order valence-electron chi connectivity index (χ4n) is 2.44. The highest BCUT2D eigenvalue weighted by Crippen LogP contribution is 2.38. The minimum Gasteiger partial charge on any atom is -0.481 e. The van der Waals surface area contributed by atoms with E-state index in [1.807, 2.05) is 0 Å². The Labute approximate surface area is 107 Å². The Kier molecular flexibility index (Phi) is 5.11. The highest BCUT2D eigenvalue weighted by atomic mass is 32.2. The van der Waals surface area contributed by atoms with E-state index in [9.17, 15) is 13.2 Å². The van der Waals surface area contributed by atoms with Gasteiger partial charge in [-0.05, 0) is 18.3 Å². The first kappa shape index (κ1) is 14.9. The number of carbonyl (C=O) groups is 1. The Bertz CT molecular complexity index is 432. The van der Waals surface area contributed by atoms with Crippen LogP contribution in [0.2, 0.25) is 0 Å². The van der Waals surface area contributed by atoms with Crippen LogP contribution in [0.25, 0.3) is 0 Å². The van der Waals surface area contributed by atoms with Crippen LogP contribution in [0.3, 0.4) is 0 Å². The average Bonchev–Trinajstić information content (AvgIpc) is 2.27. The van der Waals surface area contributed by atoms with Gasteiger partial charge >= 0.3 is 5.97 Å². The minimum atomic E-state index is -3.61. The number of nitriles is 1. The molecular weight excluding hydrogens is 256 g/mol. The smallest absolute Gasteiger partial charge is 0.303 e. The number of carboxylic acids is 1. The summed E-state index contributed by atoms with van der Waals surface area (Å²) in [7, 11) is -3.61. The summed E-state index contributed by atoms with van der Waals surface area (Å²) in [4.78, 5) is 10.9. The summed E-state index contributed by atoms with van der Waals surface area (Å²) < 4.78 is 25.2. The quantitative estimate of drug-likeness (QED) is 0.746. The van der Waals surface area contributed by atoms with Gasteiger partial charge in [-0.15, -0.1) is 0 Å². The summed E-state index contributed by atoms with van der Waals surface area (Å²) in [5, 5.41) is 17.3. The molecule has 0 bridgehead atoms. The molecule has 0 aliphatic heterocycles. The van der Waals surface area contributed by atoms with E-state index >= 15 is 0 Å². The monoisotopic (exact) mass is 274 g/mol. The van der Waals surface area contributed by atoms with Crippen molar-refractivity contribution in [1.82, 2.24) is 4.72 Å². The Hall–Kier alpha value is -1.13. The van der Waals surface area contributed by atoms with Crippen molar-refractivity contribution in [2.45, 2.75) is 38.5 Å². The lowest BCUT2D eigenvalue weighted by Crippen LogP contribution is -2.41. The predicted molar refractivity (Wildman–Crippen MR) is 65.2 cm³/mol. The van der Waals surface area contributed by atoms with Crippen molar-refractivity contribution >= 4 is 16.0 Å². The average molecular weight is 274 g/mol. The zero-order valence-corrected chi connectivity index (χ0v) is 11.0. The Morgan fingerprint density at radius 1 is 1.33 bits per heavy atom.